The second-order valence-electron chi connectivity index (χ2n) is 16.0. The van der Waals surface area contributed by atoms with E-state index in [0.717, 1.165) is 135 Å². The predicted molar refractivity (Wildman–Crippen MR) is 283 cm³/mol. The quantitative estimate of drug-likeness (QED) is 0.0199. The van der Waals surface area contributed by atoms with Crippen LogP contribution in [0, 0.1) is 0 Å². The second-order valence-corrected chi connectivity index (χ2v) is 16.0. The fraction of sp³-hybridized carbons (Fsp3) is 0.517. The van der Waals surface area contributed by atoms with E-state index in [2.05, 4.69) is 142 Å². The van der Waals surface area contributed by atoms with E-state index in [-0.39, 0.29) is 37.5 Å². The van der Waals surface area contributed by atoms with E-state index in [1.54, 1.807) is 0 Å². The lowest BCUT2D eigenvalue weighted by Gasteiger charge is -2.18. The van der Waals surface area contributed by atoms with Gasteiger partial charge in [-0.2, -0.15) is 0 Å². The Hall–Kier alpha value is -4.97. The molecule has 0 aliphatic heterocycles. The summed E-state index contributed by atoms with van der Waals surface area (Å²) in [5.41, 5.74) is 0. The minimum absolute atomic E-state index is 0.129. The molecule has 0 aliphatic rings. The first-order valence-corrected chi connectivity index (χ1v) is 25.5. The van der Waals surface area contributed by atoms with Gasteiger partial charge < -0.3 is 14.2 Å². The van der Waals surface area contributed by atoms with Crippen molar-refractivity contribution in [2.24, 2.45) is 0 Å². The van der Waals surface area contributed by atoms with Gasteiger partial charge in [-0.3, -0.25) is 14.4 Å². The molecule has 0 aromatic heterocycles. The highest BCUT2D eigenvalue weighted by molar-refractivity contribution is 5.71. The van der Waals surface area contributed by atoms with Gasteiger partial charge in [-0.05, 0) is 122 Å². The fourth-order valence-corrected chi connectivity index (χ4v) is 6.11. The summed E-state index contributed by atoms with van der Waals surface area (Å²) in [5, 5.41) is 0. The molecule has 6 heteroatoms. The summed E-state index contributed by atoms with van der Waals surface area (Å²) in [6.07, 6.45) is 76.6. The van der Waals surface area contributed by atoms with Crippen LogP contribution in [0.25, 0.3) is 0 Å². The van der Waals surface area contributed by atoms with Crippen LogP contribution in [0.3, 0.4) is 0 Å². The van der Waals surface area contributed by atoms with Crippen molar-refractivity contribution in [3.63, 3.8) is 0 Å². The van der Waals surface area contributed by atoms with Crippen molar-refractivity contribution in [3.05, 3.63) is 158 Å². The summed E-state index contributed by atoms with van der Waals surface area (Å²) in [4.78, 5) is 38.0. The Kier molecular flexibility index (Phi) is 48.7. The highest BCUT2D eigenvalue weighted by Gasteiger charge is 2.19. The molecule has 0 saturated heterocycles. The van der Waals surface area contributed by atoms with Crippen LogP contribution in [0.15, 0.2) is 158 Å². The molecule has 0 radical (unpaired) electrons. The zero-order valence-corrected chi connectivity index (χ0v) is 41.6. The van der Waals surface area contributed by atoms with E-state index in [9.17, 15) is 14.4 Å². The topological polar surface area (TPSA) is 78.9 Å². The summed E-state index contributed by atoms with van der Waals surface area (Å²) in [6.45, 7) is 6.14. The smallest absolute Gasteiger partial charge is 0.306 e. The Bertz CT molecular complexity index is 1560. The Morgan fingerprint density at radius 2 is 0.621 bits per heavy atom. The van der Waals surface area contributed by atoms with E-state index in [0.29, 0.717) is 19.3 Å². The third kappa shape index (κ3) is 50.0. The van der Waals surface area contributed by atoms with E-state index in [1.807, 2.05) is 36.5 Å². The highest BCUT2D eigenvalue weighted by Crippen LogP contribution is 2.11. The van der Waals surface area contributed by atoms with Gasteiger partial charge in [0.15, 0.2) is 6.10 Å². The maximum absolute atomic E-state index is 12.8. The fourth-order valence-electron chi connectivity index (χ4n) is 6.11. The molecule has 0 bridgehead atoms. The molecule has 0 heterocycles. The molecule has 0 aromatic carbocycles. The Balaban J connectivity index is 4.59. The van der Waals surface area contributed by atoms with Crippen LogP contribution in [0.2, 0.25) is 0 Å². The molecule has 0 N–H and O–H groups in total. The number of carbonyl (C=O) groups is 3. The first-order chi connectivity index (χ1) is 32.5. The molecule has 366 valence electrons. The molecule has 0 fully saturated rings. The molecule has 6 nitrogen and oxygen atoms in total. The SMILES string of the molecule is CC\C=C/C=C\C=C/C=C\CCCCCC(=O)OCC(COC(=O)CCCCC/C=C\C/C=C\C/C=C\C/C=C\C/C=C\CC)OC(=O)CCCCC/C=C\C/C=C\C/C=C\C/C=C\CC. The van der Waals surface area contributed by atoms with Gasteiger partial charge in [0.05, 0.1) is 0 Å². The molecule has 0 saturated carbocycles. The summed E-state index contributed by atoms with van der Waals surface area (Å²) >= 11 is 0. The molecular formula is C60H90O6. The van der Waals surface area contributed by atoms with Crippen LogP contribution < -0.4 is 0 Å². The van der Waals surface area contributed by atoms with Crippen LogP contribution in [-0.4, -0.2) is 37.2 Å². The Labute approximate surface area is 403 Å². The summed E-state index contributed by atoms with van der Waals surface area (Å²) in [6, 6.07) is 0. The van der Waals surface area contributed by atoms with Gasteiger partial charge in [0.25, 0.3) is 0 Å². The maximum atomic E-state index is 12.8. The lowest BCUT2D eigenvalue weighted by atomic mass is 10.1. The first kappa shape index (κ1) is 61.0. The Morgan fingerprint density at radius 1 is 0.318 bits per heavy atom. The third-order valence-corrected chi connectivity index (χ3v) is 9.85. The van der Waals surface area contributed by atoms with Crippen LogP contribution in [-0.2, 0) is 28.6 Å². The van der Waals surface area contributed by atoms with Crippen LogP contribution in [0.4, 0.5) is 0 Å². The minimum atomic E-state index is -0.833. The van der Waals surface area contributed by atoms with Gasteiger partial charge in [0, 0.05) is 19.3 Å². The van der Waals surface area contributed by atoms with Gasteiger partial charge in [-0.15, -0.1) is 0 Å². The zero-order valence-electron chi connectivity index (χ0n) is 41.6. The average molecular weight is 907 g/mol. The summed E-state index contributed by atoms with van der Waals surface area (Å²) < 4.78 is 16.7. The molecule has 1 atom stereocenters. The summed E-state index contributed by atoms with van der Waals surface area (Å²) in [7, 11) is 0. The van der Waals surface area contributed by atoms with Gasteiger partial charge in [0.1, 0.15) is 13.2 Å². The number of hydrogen-bond donors (Lipinski definition) is 0. The molecule has 0 aliphatic carbocycles. The number of ether oxygens (including phenoxy) is 3. The standard InChI is InChI=1S/C60H90O6/c1-4-7-10-13-16-19-22-25-27-29-30-31-33-35-38-41-44-47-50-53-59(62)65-56-57(55-64-58(61)52-49-46-43-40-37-34-24-21-18-15-12-9-6-3)66-60(63)54-51-48-45-42-39-36-32-28-26-23-20-17-14-11-8-5-2/h7-12,15-21,24-28,30-31,34-39,57H,4-6,13-14,22-23,29,32-33,40-56H2,1-3H3/b10-7-,11-8-,12-9-,18-15-,19-16-,20-17-,24-21-,27-25-,28-26-,31-30-,37-34-,38-35-,39-36-. The molecule has 66 heavy (non-hydrogen) atoms. The van der Waals surface area contributed by atoms with Crippen molar-refractivity contribution in [3.8, 4) is 0 Å². The van der Waals surface area contributed by atoms with Crippen molar-refractivity contribution in [2.75, 3.05) is 13.2 Å². The minimum Gasteiger partial charge on any atom is -0.462 e. The first-order valence-electron chi connectivity index (χ1n) is 25.5. The van der Waals surface area contributed by atoms with Crippen molar-refractivity contribution >= 4 is 17.9 Å². The van der Waals surface area contributed by atoms with Crippen LogP contribution in [0.1, 0.15) is 181 Å². The van der Waals surface area contributed by atoms with Crippen LogP contribution >= 0.6 is 0 Å². The molecule has 1 unspecified atom stereocenters. The molecule has 0 rings (SSSR count). The zero-order chi connectivity index (χ0) is 47.9. The van der Waals surface area contributed by atoms with Gasteiger partial charge in [-0.1, -0.05) is 198 Å². The van der Waals surface area contributed by atoms with Crippen molar-refractivity contribution in [1.82, 2.24) is 0 Å². The van der Waals surface area contributed by atoms with E-state index in [4.69, 9.17) is 14.2 Å². The lowest BCUT2D eigenvalue weighted by Crippen LogP contribution is -2.30. The number of rotatable bonds is 43. The largest absolute Gasteiger partial charge is 0.462 e. The summed E-state index contributed by atoms with van der Waals surface area (Å²) in [5.74, 6) is -1.04. The number of esters is 3. The Morgan fingerprint density at radius 3 is 1.00 bits per heavy atom. The average Bonchev–Trinajstić information content (AvgIpc) is 3.31. The maximum Gasteiger partial charge on any atom is 0.306 e. The van der Waals surface area contributed by atoms with Gasteiger partial charge in [0.2, 0.25) is 0 Å². The van der Waals surface area contributed by atoms with Crippen molar-refractivity contribution < 1.29 is 28.6 Å². The number of unbranched alkanes of at least 4 members (excludes halogenated alkanes) is 9. The van der Waals surface area contributed by atoms with Crippen molar-refractivity contribution in [2.45, 2.75) is 187 Å². The molecule has 0 amide bonds. The van der Waals surface area contributed by atoms with E-state index < -0.39 is 6.10 Å². The number of carbonyl (C=O) groups excluding carboxylic acids is 3. The molecule has 0 spiro atoms. The predicted octanol–water partition coefficient (Wildman–Crippen LogP) is 17.0. The number of hydrogen-bond acceptors (Lipinski definition) is 6. The highest BCUT2D eigenvalue weighted by atomic mass is 16.6. The lowest BCUT2D eigenvalue weighted by molar-refractivity contribution is -0.167. The van der Waals surface area contributed by atoms with Gasteiger partial charge in [-0.25, -0.2) is 0 Å². The van der Waals surface area contributed by atoms with Crippen LogP contribution in [0.5, 0.6) is 0 Å². The van der Waals surface area contributed by atoms with Crippen molar-refractivity contribution in [1.29, 1.82) is 0 Å². The molecule has 0 aromatic rings. The second kappa shape index (κ2) is 52.7. The molecular weight excluding hydrogens is 817 g/mol. The third-order valence-electron chi connectivity index (χ3n) is 9.85. The number of allylic oxidation sites excluding steroid dienone is 26. The monoisotopic (exact) mass is 907 g/mol. The normalized spacial score (nSPS) is 13.4. The van der Waals surface area contributed by atoms with E-state index >= 15 is 0 Å². The van der Waals surface area contributed by atoms with E-state index in [1.165, 1.54) is 0 Å². The van der Waals surface area contributed by atoms with Gasteiger partial charge >= 0.3 is 17.9 Å².